The molecule has 3 heteroatoms. The molecule has 126 valence electrons. The minimum atomic E-state index is -0.983. The highest BCUT2D eigenvalue weighted by Gasteiger charge is 2.16. The largest absolute Gasteiger partial charge is 0.421 e. The predicted molar refractivity (Wildman–Crippen MR) is 99.3 cm³/mol. The second kappa shape index (κ2) is 6.89. The van der Waals surface area contributed by atoms with E-state index in [1.807, 2.05) is 69.3 Å². The van der Waals surface area contributed by atoms with Crippen LogP contribution >= 0.6 is 0 Å². The Morgan fingerprint density at radius 3 is 2.32 bits per heavy atom. The molecule has 0 saturated heterocycles. The minimum Gasteiger partial charge on any atom is -0.421 e. The van der Waals surface area contributed by atoms with Crippen molar-refractivity contribution in [2.75, 3.05) is 0 Å². The lowest BCUT2D eigenvalue weighted by atomic mass is 10.0. The first-order valence-corrected chi connectivity index (χ1v) is 8.10. The summed E-state index contributed by atoms with van der Waals surface area (Å²) >= 11 is 0. The number of hydrogen-bond donors (Lipinski definition) is 0. The fourth-order valence-corrected chi connectivity index (χ4v) is 3.04. The lowest BCUT2D eigenvalue weighted by Gasteiger charge is -2.11. The van der Waals surface area contributed by atoms with Crippen LogP contribution in [0.2, 0.25) is 0 Å². The monoisotopic (exact) mass is 334 g/mol. The standard InChI is InChI=1S/C22H19FO2/c1-14-11-15(2)21(16(3)12-14)25-22(24)20(23)13-18-9-6-8-17-7-4-5-10-19(17)18/h4-13H,1-3H3/b20-13+. The normalized spacial score (nSPS) is 11.6. The summed E-state index contributed by atoms with van der Waals surface area (Å²) in [7, 11) is 0. The van der Waals surface area contributed by atoms with Gasteiger partial charge in [-0.15, -0.1) is 0 Å². The molecule has 0 saturated carbocycles. The van der Waals surface area contributed by atoms with Crippen LogP contribution in [0, 0.1) is 20.8 Å². The maximum atomic E-state index is 14.4. The van der Waals surface area contributed by atoms with Crippen LogP contribution < -0.4 is 4.74 Å². The zero-order valence-electron chi connectivity index (χ0n) is 14.5. The minimum absolute atomic E-state index is 0.414. The van der Waals surface area contributed by atoms with Crippen LogP contribution in [0.15, 0.2) is 60.4 Å². The summed E-state index contributed by atoms with van der Waals surface area (Å²) in [5, 5.41) is 1.87. The van der Waals surface area contributed by atoms with E-state index in [0.717, 1.165) is 27.5 Å². The van der Waals surface area contributed by atoms with Crippen LogP contribution in [0.5, 0.6) is 5.75 Å². The SMILES string of the molecule is Cc1cc(C)c(OC(=O)/C(F)=C\c2cccc3ccccc23)c(C)c1. The van der Waals surface area contributed by atoms with Crippen molar-refractivity contribution in [3.63, 3.8) is 0 Å². The number of benzene rings is 3. The molecule has 0 spiro atoms. The van der Waals surface area contributed by atoms with Gasteiger partial charge in [0.25, 0.3) is 0 Å². The van der Waals surface area contributed by atoms with Gasteiger partial charge in [0.1, 0.15) is 5.75 Å². The lowest BCUT2D eigenvalue weighted by molar-refractivity contribution is -0.131. The smallest absolute Gasteiger partial charge is 0.372 e. The van der Waals surface area contributed by atoms with Gasteiger partial charge in [0.2, 0.25) is 5.83 Å². The second-order valence-electron chi connectivity index (χ2n) is 6.18. The van der Waals surface area contributed by atoms with E-state index in [1.54, 1.807) is 6.07 Å². The number of aryl methyl sites for hydroxylation is 3. The van der Waals surface area contributed by atoms with Gasteiger partial charge < -0.3 is 4.74 Å². The molecule has 0 aliphatic rings. The van der Waals surface area contributed by atoms with Crippen molar-refractivity contribution in [2.24, 2.45) is 0 Å². The van der Waals surface area contributed by atoms with Crippen molar-refractivity contribution < 1.29 is 13.9 Å². The molecule has 3 rings (SSSR count). The van der Waals surface area contributed by atoms with Crippen LogP contribution in [0.4, 0.5) is 4.39 Å². The third kappa shape index (κ3) is 3.61. The molecule has 0 heterocycles. The number of carbonyl (C=O) groups is 1. The molecule has 0 aromatic heterocycles. The third-order valence-electron chi connectivity index (χ3n) is 4.10. The van der Waals surface area contributed by atoms with Crippen molar-refractivity contribution in [2.45, 2.75) is 20.8 Å². The Hall–Kier alpha value is -2.94. The molecular formula is C22H19FO2. The fraction of sp³-hybridized carbons (Fsp3) is 0.136. The molecule has 0 radical (unpaired) electrons. The van der Waals surface area contributed by atoms with Gasteiger partial charge in [0, 0.05) is 0 Å². The fourth-order valence-electron chi connectivity index (χ4n) is 3.04. The molecule has 3 aromatic rings. The number of carbonyl (C=O) groups excluding carboxylic acids is 1. The quantitative estimate of drug-likeness (QED) is 0.350. The highest BCUT2D eigenvalue weighted by atomic mass is 19.1. The first-order chi connectivity index (χ1) is 12.0. The van der Waals surface area contributed by atoms with Crippen LogP contribution in [0.3, 0.4) is 0 Å². The number of fused-ring (bicyclic) bond motifs is 1. The molecule has 0 amide bonds. The average molecular weight is 334 g/mol. The van der Waals surface area contributed by atoms with Gasteiger partial charge in [-0.1, -0.05) is 60.2 Å². The van der Waals surface area contributed by atoms with Gasteiger partial charge in [-0.2, -0.15) is 4.39 Å². The molecule has 0 bridgehead atoms. The van der Waals surface area contributed by atoms with Gasteiger partial charge in [0.15, 0.2) is 0 Å². The summed E-state index contributed by atoms with van der Waals surface area (Å²) in [5.41, 5.74) is 3.33. The molecule has 2 nitrogen and oxygen atoms in total. The average Bonchev–Trinajstić information content (AvgIpc) is 2.58. The summed E-state index contributed by atoms with van der Waals surface area (Å²) in [6, 6.07) is 17.0. The van der Waals surface area contributed by atoms with Crippen LogP contribution in [0.25, 0.3) is 16.8 Å². The third-order valence-corrected chi connectivity index (χ3v) is 4.10. The van der Waals surface area contributed by atoms with Crippen LogP contribution in [-0.2, 0) is 4.79 Å². The number of hydrogen-bond acceptors (Lipinski definition) is 2. The Balaban J connectivity index is 1.91. The van der Waals surface area contributed by atoms with Crippen molar-refractivity contribution in [1.29, 1.82) is 0 Å². The van der Waals surface area contributed by atoms with E-state index in [2.05, 4.69) is 0 Å². The zero-order valence-corrected chi connectivity index (χ0v) is 14.5. The maximum Gasteiger partial charge on any atom is 0.372 e. The van der Waals surface area contributed by atoms with E-state index in [4.69, 9.17) is 4.74 Å². The highest BCUT2D eigenvalue weighted by Crippen LogP contribution is 2.26. The molecule has 0 aliphatic carbocycles. The Kier molecular flexibility index (Phi) is 4.66. The summed E-state index contributed by atoms with van der Waals surface area (Å²) in [5.74, 6) is -1.49. The summed E-state index contributed by atoms with van der Waals surface area (Å²) in [6.07, 6.45) is 1.23. The number of rotatable bonds is 3. The van der Waals surface area contributed by atoms with E-state index in [-0.39, 0.29) is 0 Å². The molecule has 0 N–H and O–H groups in total. The first-order valence-electron chi connectivity index (χ1n) is 8.10. The highest BCUT2D eigenvalue weighted by molar-refractivity contribution is 5.97. The van der Waals surface area contributed by atoms with Crippen molar-refractivity contribution in [3.05, 3.63) is 82.7 Å². The van der Waals surface area contributed by atoms with E-state index < -0.39 is 11.8 Å². The van der Waals surface area contributed by atoms with E-state index in [1.165, 1.54) is 6.08 Å². The molecule has 0 unspecified atom stereocenters. The van der Waals surface area contributed by atoms with Gasteiger partial charge in [-0.05, 0) is 54.3 Å². The Morgan fingerprint density at radius 2 is 1.60 bits per heavy atom. The van der Waals surface area contributed by atoms with Crippen LogP contribution in [0.1, 0.15) is 22.3 Å². The zero-order chi connectivity index (χ0) is 18.0. The number of esters is 1. The predicted octanol–water partition coefficient (Wildman–Crippen LogP) is 5.68. The molecule has 3 aromatic carbocycles. The first kappa shape index (κ1) is 16.9. The van der Waals surface area contributed by atoms with E-state index >= 15 is 0 Å². The lowest BCUT2D eigenvalue weighted by Crippen LogP contribution is -2.10. The molecule has 0 atom stereocenters. The van der Waals surface area contributed by atoms with E-state index in [0.29, 0.717) is 11.3 Å². The summed E-state index contributed by atoms with van der Waals surface area (Å²) < 4.78 is 19.7. The van der Waals surface area contributed by atoms with Crippen molar-refractivity contribution in [3.8, 4) is 5.75 Å². The molecule has 0 aliphatic heterocycles. The van der Waals surface area contributed by atoms with Gasteiger partial charge in [-0.3, -0.25) is 0 Å². The Morgan fingerprint density at radius 1 is 0.960 bits per heavy atom. The van der Waals surface area contributed by atoms with Crippen molar-refractivity contribution in [1.82, 2.24) is 0 Å². The molecule has 25 heavy (non-hydrogen) atoms. The maximum absolute atomic E-state index is 14.4. The number of ether oxygens (including phenoxy) is 1. The van der Waals surface area contributed by atoms with Gasteiger partial charge in [-0.25, -0.2) is 4.79 Å². The Bertz CT molecular complexity index is 958. The van der Waals surface area contributed by atoms with Gasteiger partial charge >= 0.3 is 5.97 Å². The van der Waals surface area contributed by atoms with Crippen LogP contribution in [-0.4, -0.2) is 5.97 Å². The second-order valence-corrected chi connectivity index (χ2v) is 6.18. The summed E-state index contributed by atoms with van der Waals surface area (Å²) in [6.45, 7) is 5.65. The Labute approximate surface area is 146 Å². The summed E-state index contributed by atoms with van der Waals surface area (Å²) in [4.78, 5) is 12.2. The molecular weight excluding hydrogens is 315 g/mol. The van der Waals surface area contributed by atoms with Gasteiger partial charge in [0.05, 0.1) is 0 Å². The number of halogens is 1. The van der Waals surface area contributed by atoms with Crippen molar-refractivity contribution >= 4 is 22.8 Å². The molecule has 0 fully saturated rings. The topological polar surface area (TPSA) is 26.3 Å². The van der Waals surface area contributed by atoms with E-state index in [9.17, 15) is 9.18 Å².